The molecule has 0 spiro atoms. The van der Waals surface area contributed by atoms with Gasteiger partial charge in [0.05, 0.1) is 32.3 Å². The zero-order valence-corrected chi connectivity index (χ0v) is 21.7. The van der Waals surface area contributed by atoms with Crippen LogP contribution in [0.2, 0.25) is 0 Å². The van der Waals surface area contributed by atoms with Crippen LogP contribution in [-0.2, 0) is 29.8 Å². The average Bonchev–Trinajstić information content (AvgIpc) is 2.94. The Morgan fingerprint density at radius 1 is 0.757 bits per heavy atom. The lowest BCUT2D eigenvalue weighted by Gasteiger charge is -2.36. The van der Waals surface area contributed by atoms with Crippen molar-refractivity contribution < 1.29 is 32.2 Å². The molecule has 7 nitrogen and oxygen atoms in total. The Hall–Kier alpha value is -3.49. The maximum absolute atomic E-state index is 12.8. The number of hydrogen-bond acceptors (Lipinski definition) is 7. The fourth-order valence-corrected chi connectivity index (χ4v) is 5.31. The van der Waals surface area contributed by atoms with Gasteiger partial charge in [0.15, 0.2) is 16.1 Å². The molecule has 1 atom stereocenters. The van der Waals surface area contributed by atoms with Crippen LogP contribution >= 0.6 is 0 Å². The number of hydrogen-bond donors (Lipinski definition) is 0. The number of rotatable bonds is 15. The van der Waals surface area contributed by atoms with Crippen molar-refractivity contribution in [2.45, 2.75) is 18.4 Å². The minimum Gasteiger partial charge on any atom is -0.497 e. The minimum atomic E-state index is -3.57. The normalized spacial score (nSPS) is 12.5. The molecule has 8 heteroatoms. The summed E-state index contributed by atoms with van der Waals surface area (Å²) in [6.07, 6.45) is 3.20. The Morgan fingerprint density at radius 3 is 1.73 bits per heavy atom. The largest absolute Gasteiger partial charge is 0.497 e. The molecule has 0 bridgehead atoms. The highest BCUT2D eigenvalue weighted by Crippen LogP contribution is 2.41. The predicted octanol–water partition coefficient (Wildman–Crippen LogP) is 4.04. The van der Waals surface area contributed by atoms with Gasteiger partial charge in [0, 0.05) is 12.3 Å². The van der Waals surface area contributed by atoms with Crippen LogP contribution in [0.25, 0.3) is 0 Å². The number of methoxy groups -OCH3 is 2. The molecule has 194 valence electrons. The molecular formula is C29H30O7S. The lowest BCUT2D eigenvalue weighted by Crippen LogP contribution is -2.35. The van der Waals surface area contributed by atoms with E-state index in [2.05, 4.69) is 0 Å². The number of carbonyl (C=O) groups excluding carboxylic acids is 2. The summed E-state index contributed by atoms with van der Waals surface area (Å²) in [7, 11) is -0.394. The molecule has 1 unspecified atom stereocenters. The van der Waals surface area contributed by atoms with Crippen LogP contribution < -0.4 is 9.47 Å². The van der Waals surface area contributed by atoms with Crippen molar-refractivity contribution in [3.8, 4) is 11.5 Å². The molecule has 0 saturated carbocycles. The molecule has 37 heavy (non-hydrogen) atoms. The van der Waals surface area contributed by atoms with E-state index in [4.69, 9.17) is 14.2 Å². The maximum Gasteiger partial charge on any atom is 0.202 e. The summed E-state index contributed by atoms with van der Waals surface area (Å²) in [6.45, 7) is -0.107. The topological polar surface area (TPSA) is 96.0 Å². The molecule has 3 aromatic rings. The number of ether oxygens (including phenoxy) is 3. The van der Waals surface area contributed by atoms with Crippen molar-refractivity contribution in [1.29, 1.82) is 0 Å². The first-order valence-electron chi connectivity index (χ1n) is 11.8. The SMILES string of the molecule is COc1ccc(C(OCCS(=O)(=O)CCC([C]=O)C[C]=O)(c2ccccc2)c2ccc(OC)cc2)cc1. The van der Waals surface area contributed by atoms with Gasteiger partial charge in [0.1, 0.15) is 17.1 Å². The molecule has 0 aromatic heterocycles. The molecular weight excluding hydrogens is 492 g/mol. The molecule has 0 amide bonds. The second-order valence-corrected chi connectivity index (χ2v) is 10.8. The van der Waals surface area contributed by atoms with Crippen molar-refractivity contribution in [3.63, 3.8) is 0 Å². The third-order valence-electron chi connectivity index (χ3n) is 6.16. The summed E-state index contributed by atoms with van der Waals surface area (Å²) in [5.74, 6) is 0.0653. The third kappa shape index (κ3) is 7.05. The molecule has 0 aliphatic heterocycles. The summed E-state index contributed by atoms with van der Waals surface area (Å²) in [5.41, 5.74) is 1.28. The number of sulfone groups is 1. The van der Waals surface area contributed by atoms with Crippen LogP contribution in [0.4, 0.5) is 0 Å². The third-order valence-corrected chi connectivity index (χ3v) is 7.81. The van der Waals surface area contributed by atoms with E-state index in [-0.39, 0.29) is 31.0 Å². The molecule has 0 N–H and O–H groups in total. The van der Waals surface area contributed by atoms with E-state index < -0.39 is 21.4 Å². The van der Waals surface area contributed by atoms with E-state index in [1.165, 1.54) is 0 Å². The van der Waals surface area contributed by atoms with Crippen LogP contribution in [0, 0.1) is 5.92 Å². The van der Waals surface area contributed by atoms with E-state index in [9.17, 15) is 18.0 Å². The van der Waals surface area contributed by atoms with Gasteiger partial charge in [0.25, 0.3) is 0 Å². The lowest BCUT2D eigenvalue weighted by atomic mass is 9.80. The molecule has 0 aliphatic carbocycles. The van der Waals surface area contributed by atoms with E-state index in [0.717, 1.165) is 16.7 Å². The molecule has 0 fully saturated rings. The summed E-state index contributed by atoms with van der Waals surface area (Å²) in [6, 6.07) is 24.5. The first kappa shape index (κ1) is 28.1. The first-order chi connectivity index (χ1) is 17.9. The van der Waals surface area contributed by atoms with Gasteiger partial charge in [-0.1, -0.05) is 54.6 Å². The Balaban J connectivity index is 1.98. The summed E-state index contributed by atoms with van der Waals surface area (Å²) in [5, 5.41) is 0. The fourth-order valence-electron chi connectivity index (χ4n) is 4.12. The zero-order chi connectivity index (χ0) is 26.7. The quantitative estimate of drug-likeness (QED) is 0.278. The molecule has 3 rings (SSSR count). The van der Waals surface area contributed by atoms with E-state index in [1.807, 2.05) is 78.9 Å². The molecule has 0 heterocycles. The highest BCUT2D eigenvalue weighted by molar-refractivity contribution is 7.91. The predicted molar refractivity (Wildman–Crippen MR) is 141 cm³/mol. The van der Waals surface area contributed by atoms with Gasteiger partial charge in [-0.2, -0.15) is 0 Å². The highest BCUT2D eigenvalue weighted by Gasteiger charge is 2.38. The van der Waals surface area contributed by atoms with Crippen molar-refractivity contribution in [1.82, 2.24) is 0 Å². The Kier molecular flexibility index (Phi) is 10.00. The van der Waals surface area contributed by atoms with Gasteiger partial charge in [-0.15, -0.1) is 0 Å². The van der Waals surface area contributed by atoms with Crippen molar-refractivity contribution >= 4 is 22.4 Å². The second-order valence-electron chi connectivity index (χ2n) is 8.46. The molecule has 3 aromatic carbocycles. The maximum atomic E-state index is 12.8. The Bertz CT molecular complexity index is 1190. The minimum absolute atomic E-state index is 0.0157. The van der Waals surface area contributed by atoms with Gasteiger partial charge >= 0.3 is 0 Å². The molecule has 0 aliphatic rings. The second kappa shape index (κ2) is 13.2. The smallest absolute Gasteiger partial charge is 0.202 e. The van der Waals surface area contributed by atoms with E-state index in [0.29, 0.717) is 11.5 Å². The van der Waals surface area contributed by atoms with Gasteiger partial charge in [0.2, 0.25) is 6.29 Å². The average molecular weight is 523 g/mol. The van der Waals surface area contributed by atoms with Crippen molar-refractivity contribution in [3.05, 3.63) is 95.6 Å². The fraction of sp³-hybridized carbons (Fsp3) is 0.310. The molecule has 0 saturated heterocycles. The van der Waals surface area contributed by atoms with Gasteiger partial charge in [-0.3, -0.25) is 9.59 Å². The van der Waals surface area contributed by atoms with Crippen LogP contribution in [-0.4, -0.2) is 53.3 Å². The van der Waals surface area contributed by atoms with E-state index in [1.54, 1.807) is 26.8 Å². The van der Waals surface area contributed by atoms with Crippen LogP contribution in [0.1, 0.15) is 29.5 Å². The Morgan fingerprint density at radius 2 is 1.27 bits per heavy atom. The first-order valence-corrected chi connectivity index (χ1v) is 13.6. The van der Waals surface area contributed by atoms with Crippen LogP contribution in [0.5, 0.6) is 11.5 Å². The summed E-state index contributed by atoms with van der Waals surface area (Å²) >= 11 is 0. The van der Waals surface area contributed by atoms with Gasteiger partial charge in [-0.05, 0) is 47.4 Å². The standard InChI is InChI=1S/C29H30O7S/c1-34-27-12-8-25(9-13-27)29(24-6-4-3-5-7-24,26-10-14-28(35-2)15-11-26)36-19-21-37(32,33)20-17-23(22-31)16-18-30/h3-15,23H,16-17,19-21H2,1-2H3. The van der Waals surface area contributed by atoms with Gasteiger partial charge in [-0.25, -0.2) is 8.42 Å². The zero-order valence-electron chi connectivity index (χ0n) is 20.9. The summed E-state index contributed by atoms with van der Waals surface area (Å²) in [4.78, 5) is 21.6. The highest BCUT2D eigenvalue weighted by atomic mass is 32.2. The lowest BCUT2D eigenvalue weighted by molar-refractivity contribution is 0.0227. The molecule has 2 radical (unpaired) electrons. The van der Waals surface area contributed by atoms with E-state index >= 15 is 0 Å². The number of benzene rings is 3. The monoisotopic (exact) mass is 522 g/mol. The van der Waals surface area contributed by atoms with Gasteiger partial charge < -0.3 is 14.2 Å². The summed E-state index contributed by atoms with van der Waals surface area (Å²) < 4.78 is 42.8. The van der Waals surface area contributed by atoms with Crippen molar-refractivity contribution in [2.24, 2.45) is 5.92 Å². The van der Waals surface area contributed by atoms with Crippen molar-refractivity contribution in [2.75, 3.05) is 32.3 Å². The Labute approximate surface area is 218 Å². The van der Waals surface area contributed by atoms with Crippen LogP contribution in [0.3, 0.4) is 0 Å². The van der Waals surface area contributed by atoms with Crippen LogP contribution in [0.15, 0.2) is 78.9 Å².